The van der Waals surface area contributed by atoms with Crippen molar-refractivity contribution in [2.45, 2.75) is 20.3 Å². The molecule has 1 fully saturated rings. The van der Waals surface area contributed by atoms with E-state index in [1.165, 1.54) is 4.90 Å². The van der Waals surface area contributed by atoms with Crippen LogP contribution in [0.25, 0.3) is 5.57 Å². The van der Waals surface area contributed by atoms with Crippen LogP contribution in [0.1, 0.15) is 24.5 Å². The van der Waals surface area contributed by atoms with Gasteiger partial charge in [-0.3, -0.25) is 14.5 Å². The number of carbonyl (C=O) groups excluding carboxylic acids is 2. The van der Waals surface area contributed by atoms with E-state index in [1.54, 1.807) is 18.2 Å². The van der Waals surface area contributed by atoms with Crippen LogP contribution in [-0.4, -0.2) is 72.7 Å². The number of hydrogen-bond acceptors (Lipinski definition) is 6. The lowest BCUT2D eigenvalue weighted by molar-refractivity contribution is -0.120. The molecule has 0 aliphatic carbocycles. The number of aliphatic hydroxyl groups excluding tert-OH is 1. The van der Waals surface area contributed by atoms with Crippen LogP contribution in [0.4, 0.5) is 5.69 Å². The molecule has 2 heterocycles. The average molecular weight is 450 g/mol. The number of anilines is 1. The summed E-state index contributed by atoms with van der Waals surface area (Å²) in [5.74, 6) is 0.0148. The molecule has 33 heavy (non-hydrogen) atoms. The van der Waals surface area contributed by atoms with Crippen molar-refractivity contribution in [3.05, 3.63) is 65.4 Å². The fourth-order valence-electron chi connectivity index (χ4n) is 4.30. The van der Waals surface area contributed by atoms with Crippen molar-refractivity contribution in [3.8, 4) is 5.75 Å². The number of nitrogens with zero attached hydrogens (tertiary/aromatic N) is 3. The fourth-order valence-corrected chi connectivity index (χ4v) is 4.30. The third-order valence-electron chi connectivity index (χ3n) is 6.05. The molecule has 1 N–H and O–H groups in total. The molecule has 0 spiro atoms. The summed E-state index contributed by atoms with van der Waals surface area (Å²) in [5.41, 5.74) is 3.24. The molecule has 0 aromatic heterocycles. The summed E-state index contributed by atoms with van der Waals surface area (Å²) < 4.78 is 5.73. The average Bonchev–Trinajstić information content (AvgIpc) is 3.09. The van der Waals surface area contributed by atoms with Crippen molar-refractivity contribution < 1.29 is 19.4 Å². The Hall–Kier alpha value is -3.16. The van der Waals surface area contributed by atoms with Gasteiger partial charge in [-0.2, -0.15) is 0 Å². The smallest absolute Gasteiger partial charge is 0.282 e. The van der Waals surface area contributed by atoms with Gasteiger partial charge in [0.05, 0.1) is 24.5 Å². The second-order valence-electron chi connectivity index (χ2n) is 8.43. The molecule has 7 nitrogen and oxygen atoms in total. The number of piperazine rings is 1. The molecule has 2 amide bonds. The lowest BCUT2D eigenvalue weighted by atomic mass is 10.0. The van der Waals surface area contributed by atoms with E-state index in [9.17, 15) is 14.7 Å². The van der Waals surface area contributed by atoms with Crippen molar-refractivity contribution in [3.63, 3.8) is 0 Å². The molecule has 2 aromatic rings. The molecular formula is C26H31N3O4. The summed E-state index contributed by atoms with van der Waals surface area (Å²) in [7, 11) is 0. The van der Waals surface area contributed by atoms with E-state index in [2.05, 4.69) is 4.90 Å². The molecule has 0 radical (unpaired) electrons. The van der Waals surface area contributed by atoms with Crippen LogP contribution in [0.2, 0.25) is 0 Å². The molecule has 0 atom stereocenters. The largest absolute Gasteiger partial charge is 0.494 e. The molecule has 2 aliphatic rings. The third kappa shape index (κ3) is 4.79. The second-order valence-corrected chi connectivity index (χ2v) is 8.43. The second kappa shape index (κ2) is 10.2. The molecule has 0 bridgehead atoms. The highest BCUT2D eigenvalue weighted by molar-refractivity contribution is 6.45. The monoisotopic (exact) mass is 449 g/mol. The Kier molecular flexibility index (Phi) is 7.11. The summed E-state index contributed by atoms with van der Waals surface area (Å²) in [4.78, 5) is 32.8. The maximum Gasteiger partial charge on any atom is 0.282 e. The summed E-state index contributed by atoms with van der Waals surface area (Å²) in [6.07, 6.45) is 0.872. The van der Waals surface area contributed by atoms with E-state index in [0.717, 1.165) is 30.6 Å². The number of imide groups is 1. The van der Waals surface area contributed by atoms with Crippen molar-refractivity contribution in [2.75, 3.05) is 50.8 Å². The number of aliphatic hydroxyl groups is 1. The lowest BCUT2D eigenvalue weighted by Crippen LogP contribution is -2.48. The number of hydrogen-bond donors (Lipinski definition) is 1. The van der Waals surface area contributed by atoms with Gasteiger partial charge in [-0.1, -0.05) is 42.8 Å². The Morgan fingerprint density at radius 1 is 0.970 bits per heavy atom. The van der Waals surface area contributed by atoms with E-state index in [-0.39, 0.29) is 18.4 Å². The normalized spacial score (nSPS) is 17.3. The highest BCUT2D eigenvalue weighted by Gasteiger charge is 2.43. The minimum absolute atomic E-state index is 0.110. The van der Waals surface area contributed by atoms with E-state index in [4.69, 9.17) is 4.74 Å². The summed E-state index contributed by atoms with van der Waals surface area (Å²) >= 11 is 0. The number of amides is 2. The lowest BCUT2D eigenvalue weighted by Gasteiger charge is -2.36. The van der Waals surface area contributed by atoms with Crippen molar-refractivity contribution in [2.24, 2.45) is 0 Å². The molecule has 2 aromatic carbocycles. The zero-order chi connectivity index (χ0) is 23.4. The maximum absolute atomic E-state index is 13.7. The topological polar surface area (TPSA) is 73.3 Å². The van der Waals surface area contributed by atoms with Gasteiger partial charge in [-0.05, 0) is 31.0 Å². The van der Waals surface area contributed by atoms with Crippen LogP contribution in [-0.2, 0) is 9.59 Å². The summed E-state index contributed by atoms with van der Waals surface area (Å²) in [6, 6.07) is 14.9. The van der Waals surface area contributed by atoms with E-state index in [0.29, 0.717) is 48.9 Å². The Labute approximate surface area is 194 Å². The van der Waals surface area contributed by atoms with Crippen LogP contribution in [0, 0.1) is 6.92 Å². The van der Waals surface area contributed by atoms with Gasteiger partial charge >= 0.3 is 0 Å². The standard InChI is InChI=1S/C26H31N3O4/c1-3-17-33-22-6-4-5-21(18-22)29-25(31)23(20-9-7-19(2)8-10-20)24(26(29)32)28-13-11-27(12-14-28)15-16-30/h4-10,18,30H,3,11-17H2,1-2H3. The Morgan fingerprint density at radius 2 is 1.70 bits per heavy atom. The SMILES string of the molecule is CCCOc1cccc(N2C(=O)C(c3ccc(C)cc3)=C(N3CCN(CCO)CC3)C2=O)c1. The van der Waals surface area contributed by atoms with E-state index in [1.807, 2.05) is 49.1 Å². The zero-order valence-electron chi connectivity index (χ0n) is 19.3. The molecule has 174 valence electrons. The highest BCUT2D eigenvalue weighted by Crippen LogP contribution is 2.36. The Morgan fingerprint density at radius 3 is 2.36 bits per heavy atom. The fraction of sp³-hybridized carbons (Fsp3) is 0.385. The van der Waals surface area contributed by atoms with E-state index < -0.39 is 0 Å². The predicted molar refractivity (Wildman–Crippen MR) is 128 cm³/mol. The van der Waals surface area contributed by atoms with Gasteiger partial charge in [0.25, 0.3) is 11.8 Å². The molecule has 0 unspecified atom stereocenters. The maximum atomic E-state index is 13.7. The van der Waals surface area contributed by atoms with Crippen LogP contribution in [0.3, 0.4) is 0 Å². The van der Waals surface area contributed by atoms with Gasteiger partial charge in [0.1, 0.15) is 11.4 Å². The highest BCUT2D eigenvalue weighted by atomic mass is 16.5. The first-order valence-electron chi connectivity index (χ1n) is 11.5. The first-order chi connectivity index (χ1) is 16.0. The Balaban J connectivity index is 1.70. The number of benzene rings is 2. The first-order valence-corrected chi connectivity index (χ1v) is 11.5. The van der Waals surface area contributed by atoms with E-state index >= 15 is 0 Å². The van der Waals surface area contributed by atoms with Gasteiger partial charge in [0.15, 0.2) is 0 Å². The van der Waals surface area contributed by atoms with Crippen LogP contribution >= 0.6 is 0 Å². The minimum Gasteiger partial charge on any atom is -0.494 e. The van der Waals surface area contributed by atoms with Gasteiger partial charge in [-0.25, -0.2) is 4.90 Å². The summed E-state index contributed by atoms with van der Waals surface area (Å²) in [5, 5.41) is 9.24. The third-order valence-corrected chi connectivity index (χ3v) is 6.05. The molecule has 0 saturated carbocycles. The number of rotatable bonds is 8. The predicted octanol–water partition coefficient (Wildman–Crippen LogP) is 2.68. The molecule has 1 saturated heterocycles. The molecule has 2 aliphatic heterocycles. The van der Waals surface area contributed by atoms with Gasteiger partial charge in [0, 0.05) is 38.8 Å². The number of aryl methyl sites for hydroxylation is 1. The van der Waals surface area contributed by atoms with Crippen LogP contribution < -0.4 is 9.64 Å². The molecule has 4 rings (SSSR count). The van der Waals surface area contributed by atoms with Gasteiger partial charge in [-0.15, -0.1) is 0 Å². The van der Waals surface area contributed by atoms with Gasteiger partial charge in [0.2, 0.25) is 0 Å². The number of ether oxygens (including phenoxy) is 1. The summed E-state index contributed by atoms with van der Waals surface area (Å²) in [6.45, 7) is 8.02. The number of β-amino-alcohol motifs (C(OH)–C–C–N with tert-alkyl or cyclic N) is 1. The first kappa shape index (κ1) is 23.0. The van der Waals surface area contributed by atoms with Crippen molar-refractivity contribution in [1.29, 1.82) is 0 Å². The number of carbonyl (C=O) groups is 2. The quantitative estimate of drug-likeness (QED) is 0.625. The Bertz CT molecular complexity index is 1040. The van der Waals surface area contributed by atoms with Gasteiger partial charge < -0.3 is 14.7 Å². The van der Waals surface area contributed by atoms with Crippen molar-refractivity contribution in [1.82, 2.24) is 9.80 Å². The zero-order valence-corrected chi connectivity index (χ0v) is 19.3. The van der Waals surface area contributed by atoms with Crippen LogP contribution in [0.5, 0.6) is 5.75 Å². The molecule has 7 heteroatoms. The van der Waals surface area contributed by atoms with Crippen molar-refractivity contribution >= 4 is 23.1 Å². The van der Waals surface area contributed by atoms with Crippen LogP contribution in [0.15, 0.2) is 54.2 Å². The molecular weight excluding hydrogens is 418 g/mol. The minimum atomic E-state index is -0.315.